The predicted octanol–water partition coefficient (Wildman–Crippen LogP) is 1.75. The summed E-state index contributed by atoms with van der Waals surface area (Å²) in [6, 6.07) is 3.50. The SMILES string of the molecule is COCCOCCCNc1ccc(S(=O)(=O)NC(C)C)cc1[N+](=O)[O-]. The summed E-state index contributed by atoms with van der Waals surface area (Å²) in [6.45, 7) is 5.32. The molecule has 142 valence electrons. The molecule has 0 aliphatic carbocycles. The number of benzene rings is 1. The summed E-state index contributed by atoms with van der Waals surface area (Å²) in [7, 11) is -2.20. The summed E-state index contributed by atoms with van der Waals surface area (Å²) in [5.74, 6) is 0. The maximum Gasteiger partial charge on any atom is 0.293 e. The molecule has 0 atom stereocenters. The molecule has 0 saturated heterocycles. The Morgan fingerprint density at radius 3 is 2.56 bits per heavy atom. The van der Waals surface area contributed by atoms with Gasteiger partial charge in [0.05, 0.1) is 23.0 Å². The molecule has 0 fully saturated rings. The van der Waals surface area contributed by atoms with E-state index in [0.717, 1.165) is 6.07 Å². The first-order valence-electron chi connectivity index (χ1n) is 7.89. The molecule has 0 unspecified atom stereocenters. The molecule has 0 spiro atoms. The van der Waals surface area contributed by atoms with Gasteiger partial charge in [0.15, 0.2) is 0 Å². The second kappa shape index (κ2) is 10.3. The molecule has 10 heteroatoms. The van der Waals surface area contributed by atoms with Crippen LogP contribution in [0.25, 0.3) is 0 Å². The van der Waals surface area contributed by atoms with Crippen LogP contribution >= 0.6 is 0 Å². The summed E-state index contributed by atoms with van der Waals surface area (Å²) >= 11 is 0. The van der Waals surface area contributed by atoms with Crippen molar-refractivity contribution < 1.29 is 22.8 Å². The number of sulfonamides is 1. The standard InChI is InChI=1S/C15H25N3O6S/c1-12(2)17-25(21,22)13-5-6-14(15(11-13)18(19)20)16-7-4-8-24-10-9-23-3/h5-6,11-12,16-17H,4,7-10H2,1-3H3. The summed E-state index contributed by atoms with van der Waals surface area (Å²) in [5, 5.41) is 14.2. The summed E-state index contributed by atoms with van der Waals surface area (Å²) in [4.78, 5) is 10.5. The van der Waals surface area contributed by atoms with Gasteiger partial charge < -0.3 is 14.8 Å². The van der Waals surface area contributed by atoms with Crippen LogP contribution in [-0.2, 0) is 19.5 Å². The lowest BCUT2D eigenvalue weighted by molar-refractivity contribution is -0.384. The number of ether oxygens (including phenoxy) is 2. The number of nitrogens with one attached hydrogen (secondary N) is 2. The number of nitro benzene ring substituents is 1. The summed E-state index contributed by atoms with van der Waals surface area (Å²) < 4.78 is 36.8. The molecule has 0 aliphatic rings. The summed E-state index contributed by atoms with van der Waals surface area (Å²) in [5.41, 5.74) is -0.0164. The molecular formula is C15H25N3O6S. The number of hydrogen-bond donors (Lipinski definition) is 2. The molecule has 1 aromatic rings. The van der Waals surface area contributed by atoms with Crippen LogP contribution in [0.15, 0.2) is 23.1 Å². The van der Waals surface area contributed by atoms with Gasteiger partial charge in [-0.25, -0.2) is 13.1 Å². The third-order valence-corrected chi connectivity index (χ3v) is 4.74. The van der Waals surface area contributed by atoms with Crippen molar-refractivity contribution in [3.8, 4) is 0 Å². The monoisotopic (exact) mass is 375 g/mol. The number of anilines is 1. The molecule has 0 saturated carbocycles. The lowest BCUT2D eigenvalue weighted by atomic mass is 10.2. The van der Waals surface area contributed by atoms with E-state index in [1.807, 2.05) is 0 Å². The van der Waals surface area contributed by atoms with E-state index in [1.165, 1.54) is 12.1 Å². The molecule has 1 rings (SSSR count). The normalized spacial score (nSPS) is 11.7. The van der Waals surface area contributed by atoms with Gasteiger partial charge in [0, 0.05) is 32.4 Å². The van der Waals surface area contributed by atoms with E-state index in [0.29, 0.717) is 32.8 Å². The molecule has 0 aromatic heterocycles. The van der Waals surface area contributed by atoms with Gasteiger partial charge in [-0.2, -0.15) is 0 Å². The van der Waals surface area contributed by atoms with E-state index in [4.69, 9.17) is 9.47 Å². The van der Waals surface area contributed by atoms with Crippen LogP contribution in [0.4, 0.5) is 11.4 Å². The predicted molar refractivity (Wildman–Crippen MR) is 94.4 cm³/mol. The lowest BCUT2D eigenvalue weighted by Gasteiger charge is -2.11. The molecule has 2 N–H and O–H groups in total. The molecule has 0 bridgehead atoms. The average Bonchev–Trinajstić information content (AvgIpc) is 2.52. The van der Waals surface area contributed by atoms with Gasteiger partial charge in [-0.1, -0.05) is 0 Å². The first kappa shape index (κ1) is 21.3. The first-order chi connectivity index (χ1) is 11.8. The largest absolute Gasteiger partial charge is 0.382 e. The van der Waals surface area contributed by atoms with Crippen LogP contribution in [0.5, 0.6) is 0 Å². The third kappa shape index (κ3) is 7.34. The van der Waals surface area contributed by atoms with Crippen molar-refractivity contribution in [3.63, 3.8) is 0 Å². The van der Waals surface area contributed by atoms with Gasteiger partial charge in [-0.3, -0.25) is 10.1 Å². The zero-order valence-electron chi connectivity index (χ0n) is 14.6. The Bertz CT molecular complexity index is 663. The van der Waals surface area contributed by atoms with E-state index in [-0.39, 0.29) is 22.3 Å². The Morgan fingerprint density at radius 2 is 1.96 bits per heavy atom. The van der Waals surface area contributed by atoms with Crippen molar-refractivity contribution >= 4 is 21.4 Å². The average molecular weight is 375 g/mol. The first-order valence-corrected chi connectivity index (χ1v) is 9.37. The van der Waals surface area contributed by atoms with Crippen molar-refractivity contribution in [3.05, 3.63) is 28.3 Å². The van der Waals surface area contributed by atoms with Crippen LogP contribution in [0.1, 0.15) is 20.3 Å². The van der Waals surface area contributed by atoms with Crippen molar-refractivity contribution in [1.82, 2.24) is 4.72 Å². The van der Waals surface area contributed by atoms with Gasteiger partial charge in [0.25, 0.3) is 5.69 Å². The van der Waals surface area contributed by atoms with E-state index in [2.05, 4.69) is 10.0 Å². The maximum absolute atomic E-state index is 12.1. The molecular weight excluding hydrogens is 350 g/mol. The van der Waals surface area contributed by atoms with Crippen LogP contribution in [0.3, 0.4) is 0 Å². The van der Waals surface area contributed by atoms with E-state index in [1.54, 1.807) is 21.0 Å². The van der Waals surface area contributed by atoms with Crippen LogP contribution in [-0.4, -0.2) is 52.9 Å². The Labute approximate surface area is 147 Å². The van der Waals surface area contributed by atoms with Gasteiger partial charge in [-0.05, 0) is 32.4 Å². The number of nitrogens with zero attached hydrogens (tertiary/aromatic N) is 1. The third-order valence-electron chi connectivity index (χ3n) is 3.08. The quantitative estimate of drug-likeness (QED) is 0.324. The highest BCUT2D eigenvalue weighted by Gasteiger charge is 2.21. The van der Waals surface area contributed by atoms with Crippen LogP contribution in [0, 0.1) is 10.1 Å². The Hall–Kier alpha value is -1.75. The molecule has 0 amide bonds. The minimum absolute atomic E-state index is 0.138. The topological polar surface area (TPSA) is 120 Å². The van der Waals surface area contributed by atoms with Crippen LogP contribution < -0.4 is 10.0 Å². The minimum Gasteiger partial charge on any atom is -0.382 e. The van der Waals surface area contributed by atoms with Gasteiger partial charge >= 0.3 is 0 Å². The Morgan fingerprint density at radius 1 is 1.24 bits per heavy atom. The fourth-order valence-corrected chi connectivity index (χ4v) is 3.27. The van der Waals surface area contributed by atoms with Crippen LogP contribution in [0.2, 0.25) is 0 Å². The van der Waals surface area contributed by atoms with Crippen molar-refractivity contribution in [2.45, 2.75) is 31.2 Å². The van der Waals surface area contributed by atoms with E-state index < -0.39 is 14.9 Å². The van der Waals surface area contributed by atoms with Gasteiger partial charge in [-0.15, -0.1) is 0 Å². The van der Waals surface area contributed by atoms with Crippen molar-refractivity contribution in [1.29, 1.82) is 0 Å². The highest BCUT2D eigenvalue weighted by atomic mass is 32.2. The summed E-state index contributed by atoms with van der Waals surface area (Å²) in [6.07, 6.45) is 0.649. The molecule has 9 nitrogen and oxygen atoms in total. The molecule has 0 radical (unpaired) electrons. The highest BCUT2D eigenvalue weighted by molar-refractivity contribution is 7.89. The van der Waals surface area contributed by atoms with E-state index in [9.17, 15) is 18.5 Å². The highest BCUT2D eigenvalue weighted by Crippen LogP contribution is 2.27. The number of methoxy groups -OCH3 is 1. The second-order valence-corrected chi connectivity index (χ2v) is 7.31. The fraction of sp³-hybridized carbons (Fsp3) is 0.600. The number of rotatable bonds is 12. The second-order valence-electron chi connectivity index (χ2n) is 5.60. The molecule has 0 heterocycles. The zero-order valence-corrected chi connectivity index (χ0v) is 15.5. The fourth-order valence-electron chi connectivity index (χ4n) is 2.00. The minimum atomic E-state index is -3.78. The lowest BCUT2D eigenvalue weighted by Crippen LogP contribution is -2.30. The number of nitro groups is 1. The maximum atomic E-state index is 12.1. The van der Waals surface area contributed by atoms with E-state index >= 15 is 0 Å². The van der Waals surface area contributed by atoms with Gasteiger partial charge in [0.2, 0.25) is 10.0 Å². The Balaban J connectivity index is 2.74. The molecule has 0 aliphatic heterocycles. The number of hydrogen-bond acceptors (Lipinski definition) is 7. The molecule has 1 aromatic carbocycles. The van der Waals surface area contributed by atoms with Crippen molar-refractivity contribution in [2.24, 2.45) is 0 Å². The van der Waals surface area contributed by atoms with Crippen molar-refractivity contribution in [2.75, 3.05) is 38.8 Å². The smallest absolute Gasteiger partial charge is 0.293 e. The Kier molecular flexibility index (Phi) is 8.76. The zero-order chi connectivity index (χ0) is 18.9. The van der Waals surface area contributed by atoms with Gasteiger partial charge in [0.1, 0.15) is 5.69 Å². The molecule has 25 heavy (non-hydrogen) atoms.